The van der Waals surface area contributed by atoms with Crippen LogP contribution >= 0.6 is 11.8 Å². The van der Waals surface area contributed by atoms with E-state index in [4.69, 9.17) is 0 Å². The SMILES string of the molecule is Cc1nn(C)cc1C(=O)C1CSC1. The molecule has 70 valence electrons. The molecule has 1 fully saturated rings. The summed E-state index contributed by atoms with van der Waals surface area (Å²) < 4.78 is 1.70. The number of nitrogens with zero attached hydrogens (tertiary/aromatic N) is 2. The van der Waals surface area contributed by atoms with Crippen molar-refractivity contribution in [2.75, 3.05) is 11.5 Å². The molecule has 0 atom stereocenters. The van der Waals surface area contributed by atoms with Crippen LogP contribution in [0.15, 0.2) is 6.20 Å². The smallest absolute Gasteiger partial charge is 0.171 e. The molecule has 2 rings (SSSR count). The fourth-order valence-electron chi connectivity index (χ4n) is 1.45. The molecule has 0 amide bonds. The Kier molecular flexibility index (Phi) is 2.15. The van der Waals surface area contributed by atoms with Crippen LogP contribution in [0, 0.1) is 12.8 Å². The molecule has 0 unspecified atom stereocenters. The summed E-state index contributed by atoms with van der Waals surface area (Å²) in [5, 5.41) is 4.16. The summed E-state index contributed by atoms with van der Waals surface area (Å²) in [6.07, 6.45) is 1.82. The fourth-order valence-corrected chi connectivity index (χ4v) is 2.22. The lowest BCUT2D eigenvalue weighted by atomic mass is 10.0. The van der Waals surface area contributed by atoms with Crippen molar-refractivity contribution >= 4 is 17.5 Å². The average molecular weight is 196 g/mol. The molecule has 1 aromatic rings. The molecule has 0 spiro atoms. The standard InChI is InChI=1S/C9H12N2OS/c1-6-8(3-11(2)10-6)9(12)7-4-13-5-7/h3,7H,4-5H2,1-2H3. The first-order valence-electron chi connectivity index (χ1n) is 4.30. The molecular formula is C9H12N2OS. The Morgan fingerprint density at radius 1 is 1.69 bits per heavy atom. The van der Waals surface area contributed by atoms with Gasteiger partial charge in [-0.3, -0.25) is 9.48 Å². The largest absolute Gasteiger partial charge is 0.294 e. The molecular weight excluding hydrogens is 184 g/mol. The fraction of sp³-hybridized carbons (Fsp3) is 0.556. The zero-order valence-corrected chi connectivity index (χ0v) is 8.60. The number of carbonyl (C=O) groups is 1. The van der Waals surface area contributed by atoms with Gasteiger partial charge in [0.2, 0.25) is 0 Å². The van der Waals surface area contributed by atoms with Gasteiger partial charge < -0.3 is 0 Å². The maximum atomic E-state index is 11.8. The zero-order chi connectivity index (χ0) is 9.42. The number of aromatic nitrogens is 2. The molecule has 1 saturated heterocycles. The van der Waals surface area contributed by atoms with Crippen molar-refractivity contribution in [3.05, 3.63) is 17.5 Å². The molecule has 1 aliphatic rings. The topological polar surface area (TPSA) is 34.9 Å². The molecule has 0 radical (unpaired) electrons. The first-order valence-corrected chi connectivity index (χ1v) is 5.46. The number of Topliss-reactive ketones (excluding diaryl/α,β-unsaturated/α-hetero) is 1. The molecule has 3 nitrogen and oxygen atoms in total. The van der Waals surface area contributed by atoms with Crippen molar-refractivity contribution in [3.63, 3.8) is 0 Å². The van der Waals surface area contributed by atoms with Gasteiger partial charge in [-0.2, -0.15) is 16.9 Å². The second kappa shape index (κ2) is 3.18. The van der Waals surface area contributed by atoms with Gasteiger partial charge in [-0.1, -0.05) is 0 Å². The highest BCUT2D eigenvalue weighted by Crippen LogP contribution is 2.28. The van der Waals surface area contributed by atoms with E-state index in [1.807, 2.05) is 31.9 Å². The summed E-state index contributed by atoms with van der Waals surface area (Å²) in [5.74, 6) is 2.47. The maximum absolute atomic E-state index is 11.8. The molecule has 0 N–H and O–H groups in total. The van der Waals surface area contributed by atoms with Crippen molar-refractivity contribution in [2.45, 2.75) is 6.92 Å². The highest BCUT2D eigenvalue weighted by atomic mass is 32.2. The Morgan fingerprint density at radius 3 is 2.77 bits per heavy atom. The van der Waals surface area contributed by atoms with E-state index in [-0.39, 0.29) is 11.7 Å². The summed E-state index contributed by atoms with van der Waals surface area (Å²) in [5.41, 5.74) is 1.65. The minimum Gasteiger partial charge on any atom is -0.294 e. The van der Waals surface area contributed by atoms with E-state index < -0.39 is 0 Å². The number of hydrogen-bond donors (Lipinski definition) is 0. The van der Waals surface area contributed by atoms with Crippen LogP contribution in [-0.4, -0.2) is 27.1 Å². The molecule has 0 bridgehead atoms. The molecule has 0 saturated carbocycles. The lowest BCUT2D eigenvalue weighted by Crippen LogP contribution is -2.27. The number of thioether (sulfide) groups is 1. The lowest BCUT2D eigenvalue weighted by Gasteiger charge is -2.22. The van der Waals surface area contributed by atoms with E-state index in [1.165, 1.54) is 0 Å². The van der Waals surface area contributed by atoms with Gasteiger partial charge >= 0.3 is 0 Å². The van der Waals surface area contributed by atoms with E-state index in [1.54, 1.807) is 4.68 Å². The Morgan fingerprint density at radius 2 is 2.38 bits per heavy atom. The number of aryl methyl sites for hydroxylation is 2. The van der Waals surface area contributed by atoms with Crippen molar-refractivity contribution in [1.82, 2.24) is 9.78 Å². The molecule has 13 heavy (non-hydrogen) atoms. The molecule has 2 heterocycles. The van der Waals surface area contributed by atoms with Gasteiger partial charge in [0.25, 0.3) is 0 Å². The third-order valence-electron chi connectivity index (χ3n) is 2.29. The van der Waals surface area contributed by atoms with Gasteiger partial charge in [0.05, 0.1) is 11.3 Å². The van der Waals surface area contributed by atoms with E-state index >= 15 is 0 Å². The summed E-state index contributed by atoms with van der Waals surface area (Å²) in [6.45, 7) is 1.89. The Balaban J connectivity index is 2.23. The van der Waals surface area contributed by atoms with Crippen LogP contribution in [-0.2, 0) is 7.05 Å². The van der Waals surface area contributed by atoms with Crippen molar-refractivity contribution in [3.8, 4) is 0 Å². The minimum atomic E-state index is 0.243. The average Bonchev–Trinajstić information content (AvgIpc) is 2.26. The second-order valence-corrected chi connectivity index (χ2v) is 4.48. The van der Waals surface area contributed by atoms with Gasteiger partial charge in [0.1, 0.15) is 0 Å². The summed E-state index contributed by atoms with van der Waals surface area (Å²) in [6, 6.07) is 0. The molecule has 1 aromatic heterocycles. The van der Waals surface area contributed by atoms with Crippen molar-refractivity contribution < 1.29 is 4.79 Å². The van der Waals surface area contributed by atoms with E-state index in [0.717, 1.165) is 22.8 Å². The molecule has 1 aliphatic heterocycles. The number of ketones is 1. The number of carbonyl (C=O) groups excluding carboxylic acids is 1. The van der Waals surface area contributed by atoms with Crippen LogP contribution in [0.2, 0.25) is 0 Å². The normalized spacial score (nSPS) is 17.1. The zero-order valence-electron chi connectivity index (χ0n) is 7.78. The lowest BCUT2D eigenvalue weighted by molar-refractivity contribution is 0.0938. The first kappa shape index (κ1) is 8.81. The second-order valence-electron chi connectivity index (χ2n) is 3.40. The predicted molar refractivity (Wildman–Crippen MR) is 53.1 cm³/mol. The third kappa shape index (κ3) is 1.50. The summed E-state index contributed by atoms with van der Waals surface area (Å²) >= 11 is 1.83. The Hall–Kier alpha value is -0.770. The van der Waals surface area contributed by atoms with Gasteiger partial charge in [-0.15, -0.1) is 0 Å². The van der Waals surface area contributed by atoms with Crippen LogP contribution in [0.1, 0.15) is 16.1 Å². The molecule has 0 aliphatic carbocycles. The van der Waals surface area contributed by atoms with E-state index in [9.17, 15) is 4.79 Å². The summed E-state index contributed by atoms with van der Waals surface area (Å²) in [4.78, 5) is 11.8. The van der Waals surface area contributed by atoms with Crippen LogP contribution in [0.3, 0.4) is 0 Å². The minimum absolute atomic E-state index is 0.243. The number of hydrogen-bond acceptors (Lipinski definition) is 3. The van der Waals surface area contributed by atoms with Crippen molar-refractivity contribution in [1.29, 1.82) is 0 Å². The van der Waals surface area contributed by atoms with Gasteiger partial charge in [0.15, 0.2) is 5.78 Å². The van der Waals surface area contributed by atoms with Crippen LogP contribution in [0.5, 0.6) is 0 Å². The van der Waals surface area contributed by atoms with Crippen LogP contribution in [0.25, 0.3) is 0 Å². The van der Waals surface area contributed by atoms with Gasteiger partial charge in [-0.05, 0) is 6.92 Å². The van der Waals surface area contributed by atoms with Gasteiger partial charge in [-0.25, -0.2) is 0 Å². The maximum Gasteiger partial charge on any atom is 0.171 e. The highest BCUT2D eigenvalue weighted by molar-refractivity contribution is 8.00. The highest BCUT2D eigenvalue weighted by Gasteiger charge is 2.28. The third-order valence-corrected chi connectivity index (χ3v) is 3.56. The predicted octanol–water partition coefficient (Wildman–Crippen LogP) is 1.27. The molecule has 0 aromatic carbocycles. The van der Waals surface area contributed by atoms with Gasteiger partial charge in [0, 0.05) is 30.7 Å². The molecule has 4 heteroatoms. The summed E-state index contributed by atoms with van der Waals surface area (Å²) in [7, 11) is 1.85. The first-order chi connectivity index (χ1) is 6.18. The van der Waals surface area contributed by atoms with Crippen molar-refractivity contribution in [2.24, 2.45) is 13.0 Å². The van der Waals surface area contributed by atoms with Crippen LogP contribution < -0.4 is 0 Å². The van der Waals surface area contributed by atoms with E-state index in [0.29, 0.717) is 0 Å². The van der Waals surface area contributed by atoms with E-state index in [2.05, 4.69) is 5.10 Å². The number of rotatable bonds is 2. The quantitative estimate of drug-likeness (QED) is 0.668. The monoisotopic (exact) mass is 196 g/mol. The Labute approximate surface area is 81.5 Å². The van der Waals surface area contributed by atoms with Crippen LogP contribution in [0.4, 0.5) is 0 Å². The Bertz CT molecular complexity index is 341.